The second-order valence-electron chi connectivity index (χ2n) is 4.77. The van der Waals surface area contributed by atoms with Crippen LogP contribution in [0.25, 0.3) is 0 Å². The third-order valence-corrected chi connectivity index (χ3v) is 2.93. The third-order valence-electron chi connectivity index (χ3n) is 2.93. The van der Waals surface area contributed by atoms with E-state index in [2.05, 4.69) is 10.5 Å². The van der Waals surface area contributed by atoms with Crippen LogP contribution in [0.2, 0.25) is 0 Å². The number of aryl methyl sites for hydroxylation is 1. The Kier molecular flexibility index (Phi) is 5.46. The minimum absolute atomic E-state index is 0.00140. The Morgan fingerprint density at radius 2 is 2.00 bits per heavy atom. The maximum atomic E-state index is 11.6. The van der Waals surface area contributed by atoms with E-state index in [4.69, 9.17) is 4.74 Å². The molecule has 0 saturated carbocycles. The van der Waals surface area contributed by atoms with Gasteiger partial charge in [-0.05, 0) is 24.6 Å². The molecule has 0 spiro atoms. The standard InChI is InChI=1S/C17H16N2O4/c1-12-5-4-7-14(9-12)23-11-16(20)19-18-10-13-6-2-3-8-15(13)17(21)22/h2-10H,11H2,1H3,(H,19,20)(H,21,22)/p-1/b18-10-. The molecule has 0 bridgehead atoms. The first-order valence-corrected chi connectivity index (χ1v) is 6.88. The fourth-order valence-electron chi connectivity index (χ4n) is 1.86. The molecule has 118 valence electrons. The molecule has 1 N–H and O–H groups in total. The van der Waals surface area contributed by atoms with Crippen LogP contribution in [0, 0.1) is 6.92 Å². The Morgan fingerprint density at radius 1 is 1.22 bits per heavy atom. The fourth-order valence-corrected chi connectivity index (χ4v) is 1.86. The van der Waals surface area contributed by atoms with Gasteiger partial charge in [-0.2, -0.15) is 5.10 Å². The maximum Gasteiger partial charge on any atom is 0.277 e. The summed E-state index contributed by atoms with van der Waals surface area (Å²) in [6, 6.07) is 13.5. The summed E-state index contributed by atoms with van der Waals surface area (Å²) in [6.45, 7) is 1.73. The van der Waals surface area contributed by atoms with Crippen molar-refractivity contribution in [1.29, 1.82) is 0 Å². The van der Waals surface area contributed by atoms with Crippen molar-refractivity contribution in [2.75, 3.05) is 6.61 Å². The molecule has 2 rings (SSSR count). The quantitative estimate of drug-likeness (QED) is 0.633. The fraction of sp³-hybridized carbons (Fsp3) is 0.118. The second kappa shape index (κ2) is 7.74. The lowest BCUT2D eigenvalue weighted by atomic mass is 10.1. The molecule has 2 aromatic rings. The first-order valence-electron chi connectivity index (χ1n) is 6.88. The van der Waals surface area contributed by atoms with Gasteiger partial charge in [0.2, 0.25) is 0 Å². The van der Waals surface area contributed by atoms with Crippen LogP contribution in [0.3, 0.4) is 0 Å². The van der Waals surface area contributed by atoms with Gasteiger partial charge in [0.15, 0.2) is 6.61 Å². The smallest absolute Gasteiger partial charge is 0.277 e. The number of rotatable bonds is 6. The van der Waals surface area contributed by atoms with Crippen molar-refractivity contribution < 1.29 is 19.4 Å². The topological polar surface area (TPSA) is 90.8 Å². The zero-order valence-electron chi connectivity index (χ0n) is 12.5. The molecule has 0 aromatic heterocycles. The van der Waals surface area contributed by atoms with Crippen LogP contribution in [-0.4, -0.2) is 24.7 Å². The molecule has 0 saturated heterocycles. The molecule has 0 radical (unpaired) electrons. The molecular weight excluding hydrogens is 296 g/mol. The van der Waals surface area contributed by atoms with Gasteiger partial charge in [-0.1, -0.05) is 36.4 Å². The van der Waals surface area contributed by atoms with Crippen LogP contribution in [0.1, 0.15) is 21.5 Å². The molecule has 2 aromatic carbocycles. The monoisotopic (exact) mass is 311 g/mol. The highest BCUT2D eigenvalue weighted by molar-refractivity contribution is 5.97. The molecule has 1 amide bonds. The van der Waals surface area contributed by atoms with Crippen molar-refractivity contribution in [1.82, 2.24) is 5.43 Å². The third kappa shape index (κ3) is 4.96. The average molecular weight is 311 g/mol. The summed E-state index contributed by atoms with van der Waals surface area (Å²) in [6.07, 6.45) is 1.25. The SMILES string of the molecule is Cc1cccc(OCC(=O)N/N=C\c2ccccc2C(=O)[O-])c1. The van der Waals surface area contributed by atoms with Gasteiger partial charge < -0.3 is 14.6 Å². The van der Waals surface area contributed by atoms with Crippen LogP contribution in [0.15, 0.2) is 53.6 Å². The van der Waals surface area contributed by atoms with E-state index in [0.717, 1.165) is 5.56 Å². The average Bonchev–Trinajstić information content (AvgIpc) is 2.53. The number of carboxylic acids is 1. The Balaban J connectivity index is 1.88. The minimum Gasteiger partial charge on any atom is -0.545 e. The van der Waals surface area contributed by atoms with Gasteiger partial charge in [-0.25, -0.2) is 5.43 Å². The predicted octanol–water partition coefficient (Wildman–Crippen LogP) is 0.888. The van der Waals surface area contributed by atoms with E-state index in [1.807, 2.05) is 25.1 Å². The highest BCUT2D eigenvalue weighted by atomic mass is 16.5. The number of amides is 1. The molecule has 0 aliphatic heterocycles. The van der Waals surface area contributed by atoms with Crippen LogP contribution in [0.5, 0.6) is 5.75 Å². The summed E-state index contributed by atoms with van der Waals surface area (Å²) in [5.74, 6) is -1.17. The number of nitrogens with one attached hydrogen (secondary N) is 1. The zero-order chi connectivity index (χ0) is 16.7. The second-order valence-corrected chi connectivity index (χ2v) is 4.77. The molecule has 6 heteroatoms. The van der Waals surface area contributed by atoms with Gasteiger partial charge in [0.25, 0.3) is 5.91 Å². The number of benzene rings is 2. The first-order chi connectivity index (χ1) is 11.1. The summed E-state index contributed by atoms with van der Waals surface area (Å²) >= 11 is 0. The molecule has 23 heavy (non-hydrogen) atoms. The van der Waals surface area contributed by atoms with Crippen LogP contribution in [-0.2, 0) is 4.79 Å². The molecule has 0 atom stereocenters. The van der Waals surface area contributed by atoms with Crippen molar-refractivity contribution in [2.45, 2.75) is 6.92 Å². The van der Waals surface area contributed by atoms with E-state index >= 15 is 0 Å². The maximum absolute atomic E-state index is 11.6. The number of aromatic carboxylic acids is 1. The molecule has 0 aliphatic carbocycles. The summed E-state index contributed by atoms with van der Waals surface area (Å²) in [5, 5.41) is 14.6. The number of hydrogen-bond acceptors (Lipinski definition) is 5. The van der Waals surface area contributed by atoms with Gasteiger partial charge in [0.05, 0.1) is 12.2 Å². The summed E-state index contributed by atoms with van der Waals surface area (Å²) in [7, 11) is 0. The van der Waals surface area contributed by atoms with Crippen molar-refractivity contribution in [3.63, 3.8) is 0 Å². The summed E-state index contributed by atoms with van der Waals surface area (Å²) in [5.41, 5.74) is 3.64. The summed E-state index contributed by atoms with van der Waals surface area (Å²) < 4.78 is 5.32. The Bertz CT molecular complexity index is 741. The largest absolute Gasteiger partial charge is 0.545 e. The molecular formula is C17H15N2O4-. The van der Waals surface area contributed by atoms with E-state index in [-0.39, 0.29) is 12.2 Å². The van der Waals surface area contributed by atoms with Crippen molar-refractivity contribution >= 4 is 18.1 Å². The molecule has 0 aliphatic rings. The Hall–Kier alpha value is -3.15. The van der Waals surface area contributed by atoms with E-state index in [0.29, 0.717) is 11.3 Å². The van der Waals surface area contributed by atoms with Crippen LogP contribution in [0.4, 0.5) is 0 Å². The lowest BCUT2D eigenvalue weighted by Gasteiger charge is -2.06. The number of ether oxygens (including phenoxy) is 1. The number of hydrazone groups is 1. The molecule has 6 nitrogen and oxygen atoms in total. The number of hydrogen-bond donors (Lipinski definition) is 1. The van der Waals surface area contributed by atoms with Gasteiger partial charge in [-0.3, -0.25) is 4.79 Å². The molecule has 0 heterocycles. The number of nitrogens with zero attached hydrogens (tertiary/aromatic N) is 1. The first kappa shape index (κ1) is 16.2. The number of carboxylic acid groups (broad SMARTS) is 1. The van der Waals surface area contributed by atoms with Gasteiger partial charge in [0.1, 0.15) is 5.75 Å². The normalized spacial score (nSPS) is 10.5. The number of carbonyl (C=O) groups is 2. The Labute approximate surface area is 133 Å². The van der Waals surface area contributed by atoms with Crippen molar-refractivity contribution in [3.05, 3.63) is 65.2 Å². The van der Waals surface area contributed by atoms with Crippen molar-refractivity contribution in [3.8, 4) is 5.75 Å². The highest BCUT2D eigenvalue weighted by Crippen LogP contribution is 2.11. The Morgan fingerprint density at radius 3 is 2.74 bits per heavy atom. The minimum atomic E-state index is -1.30. The van der Waals surface area contributed by atoms with Crippen molar-refractivity contribution in [2.24, 2.45) is 5.10 Å². The van der Waals surface area contributed by atoms with E-state index in [9.17, 15) is 14.7 Å². The van der Waals surface area contributed by atoms with Crippen LogP contribution < -0.4 is 15.3 Å². The lowest BCUT2D eigenvalue weighted by Crippen LogP contribution is -2.25. The van der Waals surface area contributed by atoms with Gasteiger partial charge >= 0.3 is 0 Å². The number of carbonyl (C=O) groups excluding carboxylic acids is 2. The zero-order valence-corrected chi connectivity index (χ0v) is 12.5. The van der Waals surface area contributed by atoms with E-state index < -0.39 is 11.9 Å². The van der Waals surface area contributed by atoms with E-state index in [1.165, 1.54) is 12.3 Å². The van der Waals surface area contributed by atoms with E-state index in [1.54, 1.807) is 24.3 Å². The highest BCUT2D eigenvalue weighted by Gasteiger charge is 2.02. The molecule has 0 fully saturated rings. The lowest BCUT2D eigenvalue weighted by molar-refractivity contribution is -0.255. The van der Waals surface area contributed by atoms with Crippen LogP contribution >= 0.6 is 0 Å². The van der Waals surface area contributed by atoms with Gasteiger partial charge in [-0.15, -0.1) is 0 Å². The predicted molar refractivity (Wildman–Crippen MR) is 83.2 cm³/mol. The van der Waals surface area contributed by atoms with Gasteiger partial charge in [0, 0.05) is 11.1 Å². The molecule has 0 unspecified atom stereocenters. The summed E-state index contributed by atoms with van der Waals surface area (Å²) in [4.78, 5) is 22.6.